The van der Waals surface area contributed by atoms with Crippen LogP contribution >= 0.6 is 11.3 Å². The second kappa shape index (κ2) is 4.83. The smallest absolute Gasteiger partial charge is 0.0898 e. The van der Waals surface area contributed by atoms with Crippen molar-refractivity contribution in [1.82, 2.24) is 10.3 Å². The monoisotopic (exact) mass is 280 g/mol. The van der Waals surface area contributed by atoms with Gasteiger partial charge in [0.25, 0.3) is 0 Å². The molecule has 2 saturated carbocycles. The van der Waals surface area contributed by atoms with Crippen molar-refractivity contribution in [2.45, 2.75) is 52.0 Å². The Labute approximate surface area is 119 Å². The summed E-state index contributed by atoms with van der Waals surface area (Å²) < 4.78 is 0. The summed E-state index contributed by atoms with van der Waals surface area (Å²) in [6.45, 7) is 5.45. The molecule has 1 spiro atoms. The molecule has 1 aromatic heterocycles. The first-order chi connectivity index (χ1) is 9.06. The Bertz CT molecular complexity index is 445. The Balaban J connectivity index is 1.53. The molecule has 3 rings (SSSR count). The SMILES string of the molecule is Cc1nc(C(C)NCC2(CO)CC3(CCC3)C2)cs1. The summed E-state index contributed by atoms with van der Waals surface area (Å²) in [4.78, 5) is 4.53. The summed E-state index contributed by atoms with van der Waals surface area (Å²) in [6.07, 6.45) is 6.59. The number of aryl methyl sites for hydroxylation is 1. The van der Waals surface area contributed by atoms with Gasteiger partial charge in [-0.2, -0.15) is 0 Å². The highest BCUT2D eigenvalue weighted by molar-refractivity contribution is 7.09. The van der Waals surface area contributed by atoms with E-state index in [1.165, 1.54) is 32.1 Å². The van der Waals surface area contributed by atoms with E-state index in [-0.39, 0.29) is 11.5 Å². The number of thiazole rings is 1. The van der Waals surface area contributed by atoms with Crippen LogP contribution in [0.15, 0.2) is 5.38 Å². The maximum Gasteiger partial charge on any atom is 0.0898 e. The van der Waals surface area contributed by atoms with Crippen LogP contribution in [0.3, 0.4) is 0 Å². The average Bonchev–Trinajstić information content (AvgIpc) is 2.73. The first-order valence-corrected chi connectivity index (χ1v) is 8.21. The average molecular weight is 280 g/mol. The van der Waals surface area contributed by atoms with Crippen molar-refractivity contribution >= 4 is 11.3 Å². The van der Waals surface area contributed by atoms with Crippen LogP contribution in [0.1, 0.15) is 55.8 Å². The van der Waals surface area contributed by atoms with Gasteiger partial charge in [0.15, 0.2) is 0 Å². The van der Waals surface area contributed by atoms with Gasteiger partial charge in [-0.25, -0.2) is 4.98 Å². The Kier molecular flexibility index (Phi) is 3.44. The lowest BCUT2D eigenvalue weighted by molar-refractivity contribution is -0.120. The zero-order chi connectivity index (χ0) is 13.5. The zero-order valence-electron chi connectivity index (χ0n) is 11.9. The van der Waals surface area contributed by atoms with Gasteiger partial charge in [-0.05, 0) is 44.9 Å². The van der Waals surface area contributed by atoms with E-state index >= 15 is 0 Å². The van der Waals surface area contributed by atoms with Gasteiger partial charge in [-0.1, -0.05) is 6.42 Å². The van der Waals surface area contributed by atoms with Gasteiger partial charge in [0.05, 0.1) is 10.7 Å². The molecule has 0 aliphatic heterocycles. The molecule has 0 bridgehead atoms. The van der Waals surface area contributed by atoms with Gasteiger partial charge in [-0.15, -0.1) is 11.3 Å². The van der Waals surface area contributed by atoms with Crippen molar-refractivity contribution in [2.24, 2.45) is 10.8 Å². The van der Waals surface area contributed by atoms with Gasteiger partial charge in [0.2, 0.25) is 0 Å². The summed E-state index contributed by atoms with van der Waals surface area (Å²) in [5.41, 5.74) is 1.89. The second-order valence-corrected chi connectivity index (χ2v) is 7.82. The summed E-state index contributed by atoms with van der Waals surface area (Å²) in [7, 11) is 0. The van der Waals surface area contributed by atoms with Crippen LogP contribution < -0.4 is 5.32 Å². The van der Waals surface area contributed by atoms with E-state index in [1.807, 2.05) is 6.92 Å². The van der Waals surface area contributed by atoms with E-state index in [9.17, 15) is 5.11 Å². The first-order valence-electron chi connectivity index (χ1n) is 7.33. The molecule has 19 heavy (non-hydrogen) atoms. The minimum atomic E-state index is 0.139. The number of nitrogens with one attached hydrogen (secondary N) is 1. The molecule has 0 saturated heterocycles. The van der Waals surface area contributed by atoms with E-state index in [0.717, 1.165) is 17.2 Å². The van der Waals surface area contributed by atoms with E-state index < -0.39 is 0 Å². The van der Waals surface area contributed by atoms with E-state index in [0.29, 0.717) is 12.0 Å². The van der Waals surface area contributed by atoms with Crippen molar-refractivity contribution in [3.8, 4) is 0 Å². The molecular weight excluding hydrogens is 256 g/mol. The largest absolute Gasteiger partial charge is 0.396 e. The van der Waals surface area contributed by atoms with Crippen LogP contribution in [-0.4, -0.2) is 23.2 Å². The third-order valence-electron chi connectivity index (χ3n) is 5.11. The Morgan fingerprint density at radius 3 is 2.68 bits per heavy atom. The number of aliphatic hydroxyl groups is 1. The molecule has 106 valence electrons. The number of hydrogen-bond acceptors (Lipinski definition) is 4. The fourth-order valence-corrected chi connectivity index (χ4v) is 4.62. The quantitative estimate of drug-likeness (QED) is 0.871. The maximum atomic E-state index is 9.72. The molecule has 2 fully saturated rings. The maximum absolute atomic E-state index is 9.72. The van der Waals surface area contributed by atoms with Crippen molar-refractivity contribution in [3.05, 3.63) is 16.1 Å². The number of aromatic nitrogens is 1. The minimum Gasteiger partial charge on any atom is -0.396 e. The molecule has 1 aromatic rings. The molecule has 1 unspecified atom stereocenters. The number of nitrogens with zero attached hydrogens (tertiary/aromatic N) is 1. The highest BCUT2D eigenvalue weighted by Gasteiger charge is 2.56. The molecule has 0 aromatic carbocycles. The molecule has 4 heteroatoms. The van der Waals surface area contributed by atoms with E-state index in [2.05, 4.69) is 22.6 Å². The Hall–Kier alpha value is -0.450. The molecule has 1 heterocycles. The van der Waals surface area contributed by atoms with Crippen molar-refractivity contribution in [1.29, 1.82) is 0 Å². The molecule has 1 atom stereocenters. The molecule has 2 N–H and O–H groups in total. The first kappa shape index (κ1) is 13.5. The Morgan fingerprint density at radius 2 is 2.21 bits per heavy atom. The van der Waals surface area contributed by atoms with Crippen molar-refractivity contribution in [2.75, 3.05) is 13.2 Å². The number of rotatable bonds is 5. The third-order valence-corrected chi connectivity index (χ3v) is 5.91. The van der Waals surface area contributed by atoms with Gasteiger partial charge >= 0.3 is 0 Å². The van der Waals surface area contributed by atoms with E-state index in [1.54, 1.807) is 11.3 Å². The number of aliphatic hydroxyl groups excluding tert-OH is 1. The summed E-state index contributed by atoms with van der Waals surface area (Å²) >= 11 is 1.70. The zero-order valence-corrected chi connectivity index (χ0v) is 12.7. The normalized spacial score (nSPS) is 24.8. The van der Waals surface area contributed by atoms with Crippen LogP contribution in [0, 0.1) is 17.8 Å². The summed E-state index contributed by atoms with van der Waals surface area (Å²) in [5, 5.41) is 16.6. The van der Waals surface area contributed by atoms with Crippen LogP contribution in [-0.2, 0) is 0 Å². The molecular formula is C15H24N2OS. The fourth-order valence-electron chi connectivity index (χ4n) is 3.92. The van der Waals surface area contributed by atoms with Gasteiger partial charge < -0.3 is 10.4 Å². The molecule has 0 amide bonds. The number of hydrogen-bond donors (Lipinski definition) is 2. The topological polar surface area (TPSA) is 45.2 Å². The van der Waals surface area contributed by atoms with Crippen LogP contribution in [0.4, 0.5) is 0 Å². The van der Waals surface area contributed by atoms with E-state index in [4.69, 9.17) is 0 Å². The van der Waals surface area contributed by atoms with Crippen molar-refractivity contribution in [3.63, 3.8) is 0 Å². The highest BCUT2D eigenvalue weighted by atomic mass is 32.1. The summed E-state index contributed by atoms with van der Waals surface area (Å²) in [5.74, 6) is 0. The lowest BCUT2D eigenvalue weighted by Crippen LogP contribution is -2.56. The molecule has 2 aliphatic rings. The predicted octanol–water partition coefficient (Wildman–Crippen LogP) is 3.04. The highest BCUT2D eigenvalue weighted by Crippen LogP contribution is 2.64. The lowest BCUT2D eigenvalue weighted by atomic mass is 9.45. The molecule has 2 aliphatic carbocycles. The van der Waals surface area contributed by atoms with Crippen LogP contribution in [0.5, 0.6) is 0 Å². The predicted molar refractivity (Wildman–Crippen MR) is 78.3 cm³/mol. The summed E-state index contributed by atoms with van der Waals surface area (Å²) in [6, 6.07) is 0.284. The Morgan fingerprint density at radius 1 is 1.47 bits per heavy atom. The standard InChI is InChI=1S/C15H24N2OS/c1-11(13-6-19-12(2)17-13)16-9-15(10-18)7-14(8-15)4-3-5-14/h6,11,16,18H,3-5,7-10H2,1-2H3. The van der Waals surface area contributed by atoms with Crippen molar-refractivity contribution < 1.29 is 5.11 Å². The minimum absolute atomic E-state index is 0.139. The lowest BCUT2D eigenvalue weighted by Gasteiger charge is -2.61. The second-order valence-electron chi connectivity index (χ2n) is 6.76. The fraction of sp³-hybridized carbons (Fsp3) is 0.800. The van der Waals surface area contributed by atoms with Gasteiger partial charge in [-0.3, -0.25) is 0 Å². The van der Waals surface area contributed by atoms with Crippen LogP contribution in [0.2, 0.25) is 0 Å². The molecule has 3 nitrogen and oxygen atoms in total. The van der Waals surface area contributed by atoms with Gasteiger partial charge in [0, 0.05) is 30.0 Å². The molecule has 0 radical (unpaired) electrons. The third kappa shape index (κ3) is 2.46. The van der Waals surface area contributed by atoms with Crippen LogP contribution in [0.25, 0.3) is 0 Å². The van der Waals surface area contributed by atoms with Gasteiger partial charge in [0.1, 0.15) is 0 Å².